The molecule has 0 saturated heterocycles. The van der Waals surface area contributed by atoms with Crippen LogP contribution in [0, 0.1) is 0 Å². The van der Waals surface area contributed by atoms with Crippen LogP contribution in [0.5, 0.6) is 5.75 Å². The van der Waals surface area contributed by atoms with Crippen LogP contribution in [0.2, 0.25) is 0 Å². The van der Waals surface area contributed by atoms with Crippen LogP contribution in [-0.2, 0) is 4.79 Å². The fourth-order valence-corrected chi connectivity index (χ4v) is 4.15. The fraction of sp³-hybridized carbons (Fsp3) is 0.227. The van der Waals surface area contributed by atoms with E-state index in [1.165, 1.54) is 4.88 Å². The zero-order valence-corrected chi connectivity index (χ0v) is 16.7. The van der Waals surface area contributed by atoms with Crippen molar-refractivity contribution in [2.45, 2.75) is 6.04 Å². The maximum absolute atomic E-state index is 12.3. The number of furan rings is 1. The van der Waals surface area contributed by atoms with Gasteiger partial charge >= 0.3 is 0 Å². The first-order chi connectivity index (χ1) is 13.6. The lowest BCUT2D eigenvalue weighted by Gasteiger charge is -2.23. The number of benzene rings is 2. The van der Waals surface area contributed by atoms with E-state index in [2.05, 4.69) is 16.3 Å². The molecule has 144 valence electrons. The Morgan fingerprint density at radius 1 is 1.11 bits per heavy atom. The molecule has 4 rings (SSSR count). The first-order valence-corrected chi connectivity index (χ1v) is 10.0. The van der Waals surface area contributed by atoms with Crippen molar-refractivity contribution in [3.63, 3.8) is 0 Å². The third-order valence-corrected chi connectivity index (χ3v) is 5.68. The second-order valence-electron chi connectivity index (χ2n) is 6.84. The highest BCUT2D eigenvalue weighted by atomic mass is 32.1. The topological polar surface area (TPSA) is 54.7 Å². The van der Waals surface area contributed by atoms with E-state index in [0.717, 1.165) is 21.9 Å². The number of carbonyl (C=O) groups is 1. The van der Waals surface area contributed by atoms with Crippen molar-refractivity contribution in [3.8, 4) is 5.75 Å². The summed E-state index contributed by atoms with van der Waals surface area (Å²) >= 11 is 1.69. The zero-order valence-electron chi connectivity index (χ0n) is 15.8. The molecule has 0 aliphatic carbocycles. The third kappa shape index (κ3) is 3.88. The first-order valence-electron chi connectivity index (χ1n) is 9.12. The number of likely N-dealkylation sites (N-methyl/N-ethyl adjacent to an activating group) is 1. The van der Waals surface area contributed by atoms with E-state index in [1.807, 2.05) is 68.0 Å². The number of para-hydroxylation sites is 1. The van der Waals surface area contributed by atoms with Gasteiger partial charge in [-0.2, -0.15) is 0 Å². The molecule has 0 saturated carbocycles. The number of thiophene rings is 1. The van der Waals surface area contributed by atoms with E-state index < -0.39 is 0 Å². The molecule has 1 atom stereocenters. The van der Waals surface area contributed by atoms with E-state index in [-0.39, 0.29) is 18.6 Å². The normalized spacial score (nSPS) is 12.5. The Labute approximate surface area is 167 Å². The monoisotopic (exact) mass is 394 g/mol. The molecule has 2 aromatic heterocycles. The molecule has 1 N–H and O–H groups in total. The minimum Gasteiger partial charge on any atom is -0.484 e. The van der Waals surface area contributed by atoms with Crippen molar-refractivity contribution in [2.24, 2.45) is 0 Å². The molecule has 4 aromatic rings. The van der Waals surface area contributed by atoms with Gasteiger partial charge < -0.3 is 19.4 Å². The lowest BCUT2D eigenvalue weighted by Crippen LogP contribution is -2.36. The van der Waals surface area contributed by atoms with Crippen LogP contribution in [0.15, 0.2) is 64.4 Å². The summed E-state index contributed by atoms with van der Waals surface area (Å²) in [6.07, 6.45) is 0. The van der Waals surface area contributed by atoms with Gasteiger partial charge in [0, 0.05) is 22.2 Å². The van der Waals surface area contributed by atoms with Crippen molar-refractivity contribution in [2.75, 3.05) is 27.2 Å². The fourth-order valence-electron chi connectivity index (χ4n) is 3.22. The molecule has 0 spiro atoms. The van der Waals surface area contributed by atoms with Gasteiger partial charge in [0.2, 0.25) is 0 Å². The minimum atomic E-state index is -0.138. The molecule has 1 unspecified atom stereocenters. The van der Waals surface area contributed by atoms with E-state index in [1.54, 1.807) is 11.3 Å². The molecule has 2 heterocycles. The van der Waals surface area contributed by atoms with Gasteiger partial charge in [-0.05, 0) is 49.8 Å². The molecule has 0 fully saturated rings. The van der Waals surface area contributed by atoms with Crippen molar-refractivity contribution in [3.05, 3.63) is 64.9 Å². The van der Waals surface area contributed by atoms with E-state index in [0.29, 0.717) is 12.3 Å². The van der Waals surface area contributed by atoms with Crippen LogP contribution in [0.3, 0.4) is 0 Å². The zero-order chi connectivity index (χ0) is 19.5. The van der Waals surface area contributed by atoms with E-state index in [4.69, 9.17) is 9.15 Å². The molecular formula is C22H22N2O3S. The minimum absolute atomic E-state index is 0.0219. The van der Waals surface area contributed by atoms with E-state index >= 15 is 0 Å². The number of carbonyl (C=O) groups excluding carboxylic acids is 1. The molecule has 28 heavy (non-hydrogen) atoms. The summed E-state index contributed by atoms with van der Waals surface area (Å²) in [7, 11) is 4.02. The van der Waals surface area contributed by atoms with E-state index in [9.17, 15) is 4.79 Å². The van der Waals surface area contributed by atoms with Crippen LogP contribution in [-0.4, -0.2) is 38.1 Å². The summed E-state index contributed by atoms with van der Waals surface area (Å²) in [5.41, 5.74) is 1.65. The summed E-state index contributed by atoms with van der Waals surface area (Å²) in [6.45, 7) is 0.521. The highest BCUT2D eigenvalue weighted by Crippen LogP contribution is 2.31. The maximum atomic E-state index is 12.3. The molecule has 6 heteroatoms. The molecule has 0 radical (unpaired) electrons. The predicted octanol–water partition coefficient (Wildman–Crippen LogP) is 4.45. The highest BCUT2D eigenvalue weighted by molar-refractivity contribution is 7.10. The number of amides is 1. The molecular weight excluding hydrogens is 372 g/mol. The first kappa shape index (κ1) is 18.5. The second-order valence-corrected chi connectivity index (χ2v) is 7.82. The maximum Gasteiger partial charge on any atom is 0.258 e. The van der Waals surface area contributed by atoms with Crippen LogP contribution in [0.4, 0.5) is 0 Å². The Bertz CT molecular complexity index is 1090. The highest BCUT2D eigenvalue weighted by Gasteiger charge is 2.16. The van der Waals surface area contributed by atoms with Gasteiger partial charge in [0.25, 0.3) is 5.91 Å². The van der Waals surface area contributed by atoms with Crippen molar-refractivity contribution < 1.29 is 13.9 Å². The molecule has 0 bridgehead atoms. The standard InChI is InChI=1S/C22H22N2O3S/c1-24(2)18(21-8-5-11-28-21)13-23-22(25)14-26-15-9-10-20-17(12-15)16-6-3-4-7-19(16)27-20/h3-12,18H,13-14H2,1-2H3,(H,23,25). The lowest BCUT2D eigenvalue weighted by molar-refractivity contribution is -0.123. The number of hydrogen-bond acceptors (Lipinski definition) is 5. The van der Waals surface area contributed by atoms with Gasteiger partial charge in [-0.25, -0.2) is 0 Å². The molecule has 0 aliphatic heterocycles. The third-order valence-electron chi connectivity index (χ3n) is 4.71. The summed E-state index contributed by atoms with van der Waals surface area (Å²) in [6, 6.07) is 17.8. The summed E-state index contributed by atoms with van der Waals surface area (Å²) < 4.78 is 11.5. The van der Waals surface area contributed by atoms with Gasteiger partial charge in [0.15, 0.2) is 6.61 Å². The Morgan fingerprint density at radius 2 is 1.93 bits per heavy atom. The average Bonchev–Trinajstić information content (AvgIpc) is 3.34. The molecule has 5 nitrogen and oxygen atoms in total. The molecule has 1 amide bonds. The van der Waals surface area contributed by atoms with Gasteiger partial charge in [0.05, 0.1) is 6.04 Å². The number of fused-ring (bicyclic) bond motifs is 3. The number of nitrogens with one attached hydrogen (secondary N) is 1. The molecule has 2 aromatic carbocycles. The Kier molecular flexibility index (Phi) is 5.32. The number of hydrogen-bond donors (Lipinski definition) is 1. The number of ether oxygens (including phenoxy) is 1. The van der Waals surface area contributed by atoms with Gasteiger partial charge in [-0.1, -0.05) is 24.3 Å². The quantitative estimate of drug-likeness (QED) is 0.503. The van der Waals surface area contributed by atoms with Crippen LogP contribution in [0.1, 0.15) is 10.9 Å². The number of rotatable bonds is 7. The van der Waals surface area contributed by atoms with Crippen molar-refractivity contribution >= 4 is 39.2 Å². The second kappa shape index (κ2) is 8.04. The van der Waals surface area contributed by atoms with Crippen molar-refractivity contribution in [1.82, 2.24) is 10.2 Å². The smallest absolute Gasteiger partial charge is 0.258 e. The van der Waals surface area contributed by atoms with Gasteiger partial charge in [0.1, 0.15) is 16.9 Å². The summed E-state index contributed by atoms with van der Waals surface area (Å²) in [5.74, 6) is 0.511. The Balaban J connectivity index is 1.38. The van der Waals surface area contributed by atoms with Gasteiger partial charge in [-0.3, -0.25) is 4.79 Å². The summed E-state index contributed by atoms with van der Waals surface area (Å²) in [5, 5.41) is 7.04. The van der Waals surface area contributed by atoms with Crippen molar-refractivity contribution in [1.29, 1.82) is 0 Å². The summed E-state index contributed by atoms with van der Waals surface area (Å²) in [4.78, 5) is 15.6. The largest absolute Gasteiger partial charge is 0.484 e. The molecule has 0 aliphatic rings. The average molecular weight is 394 g/mol. The van der Waals surface area contributed by atoms with Crippen LogP contribution in [0.25, 0.3) is 21.9 Å². The predicted molar refractivity (Wildman–Crippen MR) is 113 cm³/mol. The Morgan fingerprint density at radius 3 is 2.71 bits per heavy atom. The van der Waals surface area contributed by atoms with Gasteiger partial charge in [-0.15, -0.1) is 11.3 Å². The van der Waals surface area contributed by atoms with Crippen LogP contribution >= 0.6 is 11.3 Å². The SMILES string of the molecule is CN(C)C(CNC(=O)COc1ccc2oc3ccccc3c2c1)c1cccs1. The van der Waals surface area contributed by atoms with Crippen LogP contribution < -0.4 is 10.1 Å². The number of nitrogens with zero attached hydrogens (tertiary/aromatic N) is 1. The lowest BCUT2D eigenvalue weighted by atomic mass is 10.1. The Hall–Kier alpha value is -2.83.